The van der Waals surface area contributed by atoms with Gasteiger partial charge in [-0.1, -0.05) is 30.3 Å². The van der Waals surface area contributed by atoms with Crippen molar-refractivity contribution in [2.45, 2.75) is 18.9 Å². The molecule has 2 atom stereocenters. The lowest BCUT2D eigenvalue weighted by Gasteiger charge is -2.18. The number of amides is 1. The lowest BCUT2D eigenvalue weighted by molar-refractivity contribution is -0.142. The first-order chi connectivity index (χ1) is 9.58. The van der Waals surface area contributed by atoms with Gasteiger partial charge in [-0.2, -0.15) is 25.3 Å². The zero-order valence-corrected chi connectivity index (χ0v) is 12.8. The SMILES string of the molecule is O=C(N[C@H](CCS)C(=O)O)C(CS)Cc1ccccc1. The van der Waals surface area contributed by atoms with Gasteiger partial charge in [-0.15, -0.1) is 0 Å². The maximum absolute atomic E-state index is 12.1. The molecule has 2 N–H and O–H groups in total. The molecule has 1 amide bonds. The lowest BCUT2D eigenvalue weighted by atomic mass is 9.99. The number of rotatable bonds is 8. The largest absolute Gasteiger partial charge is 0.480 e. The third-order valence-electron chi connectivity index (χ3n) is 2.95. The van der Waals surface area contributed by atoms with E-state index in [0.29, 0.717) is 24.3 Å². The molecule has 6 heteroatoms. The molecule has 0 heterocycles. The number of hydrogen-bond acceptors (Lipinski definition) is 4. The monoisotopic (exact) mass is 313 g/mol. The van der Waals surface area contributed by atoms with E-state index in [0.717, 1.165) is 5.56 Å². The molecule has 0 aromatic heterocycles. The molecule has 110 valence electrons. The zero-order chi connectivity index (χ0) is 15.0. The van der Waals surface area contributed by atoms with Crippen LogP contribution in [-0.2, 0) is 16.0 Å². The first-order valence-electron chi connectivity index (χ1n) is 6.37. The van der Waals surface area contributed by atoms with Crippen molar-refractivity contribution in [3.05, 3.63) is 35.9 Å². The van der Waals surface area contributed by atoms with Crippen LogP contribution in [0.4, 0.5) is 0 Å². The number of hydrogen-bond donors (Lipinski definition) is 4. The van der Waals surface area contributed by atoms with Crippen molar-refractivity contribution in [1.29, 1.82) is 0 Å². The number of carbonyl (C=O) groups is 2. The van der Waals surface area contributed by atoms with Gasteiger partial charge >= 0.3 is 5.97 Å². The Morgan fingerprint density at radius 2 is 1.85 bits per heavy atom. The van der Waals surface area contributed by atoms with Gasteiger partial charge in [0.25, 0.3) is 0 Å². The molecule has 1 aromatic carbocycles. The maximum atomic E-state index is 12.1. The van der Waals surface area contributed by atoms with E-state index in [2.05, 4.69) is 30.6 Å². The Hall–Kier alpha value is -1.14. The molecule has 0 saturated carbocycles. The second-order valence-electron chi connectivity index (χ2n) is 4.48. The van der Waals surface area contributed by atoms with E-state index in [1.165, 1.54) is 0 Å². The molecule has 1 aromatic rings. The molecule has 1 rings (SSSR count). The number of aliphatic carboxylic acids is 1. The van der Waals surface area contributed by atoms with Crippen molar-refractivity contribution in [3.8, 4) is 0 Å². The molecule has 0 saturated heterocycles. The fraction of sp³-hybridized carbons (Fsp3) is 0.429. The van der Waals surface area contributed by atoms with E-state index in [9.17, 15) is 9.59 Å². The smallest absolute Gasteiger partial charge is 0.326 e. The predicted molar refractivity (Wildman–Crippen MR) is 85.5 cm³/mol. The van der Waals surface area contributed by atoms with Gasteiger partial charge < -0.3 is 10.4 Å². The Kier molecular flexibility index (Phi) is 7.54. The summed E-state index contributed by atoms with van der Waals surface area (Å²) in [4.78, 5) is 23.1. The van der Waals surface area contributed by atoms with Crippen LogP contribution in [0.25, 0.3) is 0 Å². The number of thiol groups is 2. The van der Waals surface area contributed by atoms with Crippen LogP contribution in [0.3, 0.4) is 0 Å². The number of carbonyl (C=O) groups excluding carboxylic acids is 1. The molecule has 0 radical (unpaired) electrons. The Morgan fingerprint density at radius 3 is 2.35 bits per heavy atom. The van der Waals surface area contributed by atoms with Crippen LogP contribution in [0.1, 0.15) is 12.0 Å². The minimum atomic E-state index is -1.04. The highest BCUT2D eigenvalue weighted by molar-refractivity contribution is 7.80. The molecular formula is C14H19NO3S2. The van der Waals surface area contributed by atoms with Gasteiger partial charge in [-0.05, 0) is 24.2 Å². The van der Waals surface area contributed by atoms with E-state index in [4.69, 9.17) is 5.11 Å². The minimum Gasteiger partial charge on any atom is -0.480 e. The van der Waals surface area contributed by atoms with Crippen LogP contribution in [0.2, 0.25) is 0 Å². The summed E-state index contributed by atoms with van der Waals surface area (Å²) in [5.41, 5.74) is 1.03. The first kappa shape index (κ1) is 16.9. The molecular weight excluding hydrogens is 294 g/mol. The van der Waals surface area contributed by atoms with Crippen molar-refractivity contribution in [3.63, 3.8) is 0 Å². The van der Waals surface area contributed by atoms with Crippen molar-refractivity contribution >= 4 is 37.1 Å². The quantitative estimate of drug-likeness (QED) is 0.552. The van der Waals surface area contributed by atoms with Crippen LogP contribution in [-0.4, -0.2) is 34.5 Å². The molecule has 20 heavy (non-hydrogen) atoms. The third kappa shape index (κ3) is 5.46. The second-order valence-corrected chi connectivity index (χ2v) is 5.29. The zero-order valence-electron chi connectivity index (χ0n) is 11.0. The molecule has 0 aliphatic heterocycles. The van der Waals surface area contributed by atoms with Gasteiger partial charge in [0, 0.05) is 5.75 Å². The van der Waals surface area contributed by atoms with Crippen molar-refractivity contribution in [1.82, 2.24) is 5.32 Å². The Labute approximate surface area is 129 Å². The highest BCUT2D eigenvalue weighted by atomic mass is 32.1. The molecule has 0 bridgehead atoms. The summed E-state index contributed by atoms with van der Waals surface area (Å²) in [6, 6.07) is 8.70. The van der Waals surface area contributed by atoms with Gasteiger partial charge in [0.1, 0.15) is 6.04 Å². The summed E-state index contributed by atoms with van der Waals surface area (Å²) >= 11 is 8.19. The lowest BCUT2D eigenvalue weighted by Crippen LogP contribution is -2.44. The summed E-state index contributed by atoms with van der Waals surface area (Å²) in [5.74, 6) is -0.888. The van der Waals surface area contributed by atoms with Gasteiger partial charge in [-0.25, -0.2) is 4.79 Å². The number of benzene rings is 1. The topological polar surface area (TPSA) is 66.4 Å². The molecule has 0 fully saturated rings. The van der Waals surface area contributed by atoms with E-state index in [-0.39, 0.29) is 11.8 Å². The summed E-state index contributed by atoms with van der Waals surface area (Å²) < 4.78 is 0. The number of carboxylic acids is 1. The maximum Gasteiger partial charge on any atom is 0.326 e. The highest BCUT2D eigenvalue weighted by Crippen LogP contribution is 2.11. The van der Waals surface area contributed by atoms with E-state index < -0.39 is 12.0 Å². The number of carboxylic acid groups (broad SMARTS) is 1. The van der Waals surface area contributed by atoms with Crippen LogP contribution >= 0.6 is 25.3 Å². The third-order valence-corrected chi connectivity index (χ3v) is 3.65. The van der Waals surface area contributed by atoms with Crippen LogP contribution in [0, 0.1) is 5.92 Å². The van der Waals surface area contributed by atoms with Crippen molar-refractivity contribution < 1.29 is 14.7 Å². The molecule has 0 aliphatic carbocycles. The molecule has 1 unspecified atom stereocenters. The van der Waals surface area contributed by atoms with Crippen LogP contribution in [0.5, 0.6) is 0 Å². The number of nitrogens with one attached hydrogen (secondary N) is 1. The summed E-state index contributed by atoms with van der Waals surface area (Å²) in [6.07, 6.45) is 0.845. The minimum absolute atomic E-state index is 0.280. The van der Waals surface area contributed by atoms with Crippen molar-refractivity contribution in [2.24, 2.45) is 5.92 Å². The average Bonchev–Trinajstić information content (AvgIpc) is 2.45. The second kappa shape index (κ2) is 8.92. The molecule has 0 spiro atoms. The summed E-state index contributed by atoms with van der Waals surface area (Å²) in [5, 5.41) is 11.6. The van der Waals surface area contributed by atoms with Crippen molar-refractivity contribution in [2.75, 3.05) is 11.5 Å². The summed E-state index contributed by atoms with van der Waals surface area (Å²) in [7, 11) is 0. The molecule has 4 nitrogen and oxygen atoms in total. The van der Waals surface area contributed by atoms with Gasteiger partial charge in [-0.3, -0.25) is 4.79 Å². The molecule has 0 aliphatic rings. The summed E-state index contributed by atoms with van der Waals surface area (Å²) in [6.45, 7) is 0. The normalized spacial score (nSPS) is 13.5. The Balaban J connectivity index is 2.64. The van der Waals surface area contributed by atoms with E-state index in [1.54, 1.807) is 0 Å². The van der Waals surface area contributed by atoms with Crippen LogP contribution < -0.4 is 5.32 Å². The Morgan fingerprint density at radius 1 is 1.20 bits per heavy atom. The fourth-order valence-corrected chi connectivity index (χ4v) is 2.37. The van der Waals surface area contributed by atoms with E-state index >= 15 is 0 Å². The van der Waals surface area contributed by atoms with Gasteiger partial charge in [0.2, 0.25) is 5.91 Å². The van der Waals surface area contributed by atoms with Gasteiger partial charge in [0.05, 0.1) is 5.92 Å². The predicted octanol–water partition coefficient (Wildman–Crippen LogP) is 1.66. The average molecular weight is 313 g/mol. The van der Waals surface area contributed by atoms with Crippen LogP contribution in [0.15, 0.2) is 30.3 Å². The fourth-order valence-electron chi connectivity index (χ4n) is 1.81. The highest BCUT2D eigenvalue weighted by Gasteiger charge is 2.24. The Bertz CT molecular complexity index is 439. The standard InChI is InChI=1S/C14H19NO3S2/c16-13(15-12(6-7-19)14(17)18)11(9-20)8-10-4-2-1-3-5-10/h1-5,11-12,19-20H,6-9H2,(H,15,16)(H,17,18)/t11?,12-/m1/s1. The first-order valence-corrected chi connectivity index (χ1v) is 7.63. The van der Waals surface area contributed by atoms with E-state index in [1.807, 2.05) is 30.3 Å². The van der Waals surface area contributed by atoms with Gasteiger partial charge in [0.15, 0.2) is 0 Å².